The van der Waals surface area contributed by atoms with Crippen LogP contribution in [0.4, 0.5) is 5.82 Å². The van der Waals surface area contributed by atoms with E-state index in [4.69, 9.17) is 4.74 Å². The lowest BCUT2D eigenvalue weighted by molar-refractivity contribution is -0.147. The Balaban J connectivity index is 1.93. The van der Waals surface area contributed by atoms with Crippen molar-refractivity contribution in [2.24, 2.45) is 12.5 Å². The van der Waals surface area contributed by atoms with Crippen molar-refractivity contribution in [3.63, 3.8) is 0 Å². The molecule has 6 nitrogen and oxygen atoms in total. The van der Waals surface area contributed by atoms with Crippen LogP contribution < -0.4 is 5.32 Å². The van der Waals surface area contributed by atoms with Crippen molar-refractivity contribution < 1.29 is 14.6 Å². The van der Waals surface area contributed by atoms with Crippen LogP contribution in [0, 0.1) is 5.41 Å². The molecule has 1 amide bonds. The average molecular weight is 253 g/mol. The number of carbonyl (C=O) groups is 1. The van der Waals surface area contributed by atoms with E-state index in [-0.39, 0.29) is 6.10 Å². The Morgan fingerprint density at radius 2 is 2.39 bits per heavy atom. The Morgan fingerprint density at radius 3 is 2.89 bits per heavy atom. The number of ether oxygens (including phenoxy) is 1. The number of hydrogen-bond acceptors (Lipinski definition) is 4. The fourth-order valence-corrected chi connectivity index (χ4v) is 2.36. The number of aliphatic hydroxyl groups excluding tert-OH is 1. The molecule has 1 atom stereocenters. The molecule has 1 aromatic heterocycles. The van der Waals surface area contributed by atoms with Crippen molar-refractivity contribution in [2.45, 2.75) is 32.0 Å². The van der Waals surface area contributed by atoms with Gasteiger partial charge in [0.05, 0.1) is 6.10 Å². The fourth-order valence-electron chi connectivity index (χ4n) is 2.36. The van der Waals surface area contributed by atoms with Gasteiger partial charge in [-0.3, -0.25) is 9.48 Å². The highest BCUT2D eigenvalue weighted by molar-refractivity contribution is 5.93. The molecule has 0 aromatic carbocycles. The smallest absolute Gasteiger partial charge is 0.254 e. The molecule has 1 unspecified atom stereocenters. The molecule has 100 valence electrons. The third-order valence-electron chi connectivity index (χ3n) is 3.59. The average Bonchev–Trinajstić information content (AvgIpc) is 2.69. The van der Waals surface area contributed by atoms with Crippen LogP contribution in [-0.4, -0.2) is 40.1 Å². The van der Waals surface area contributed by atoms with E-state index in [1.165, 1.54) is 0 Å². The molecule has 0 spiro atoms. The molecular formula is C12H19N3O3. The van der Waals surface area contributed by atoms with Gasteiger partial charge in [-0.15, -0.1) is 0 Å². The van der Waals surface area contributed by atoms with Gasteiger partial charge < -0.3 is 15.2 Å². The van der Waals surface area contributed by atoms with E-state index in [0.717, 1.165) is 0 Å². The van der Waals surface area contributed by atoms with Gasteiger partial charge in [-0.05, 0) is 12.8 Å². The second-order valence-electron chi connectivity index (χ2n) is 5.19. The number of amides is 1. The van der Waals surface area contributed by atoms with E-state index in [0.29, 0.717) is 18.7 Å². The van der Waals surface area contributed by atoms with Gasteiger partial charge in [0, 0.05) is 31.8 Å². The standard InChI is InChI=1S/C12H19N3O3/c1-12(6-8(7-12)18-3)10(16)11(17)13-9-4-5-15(2)14-9/h4-5,8,10,16H,6-7H2,1-3H3,(H,13,14,17). The number of aliphatic hydroxyl groups is 1. The number of nitrogens with one attached hydrogen (secondary N) is 1. The molecule has 18 heavy (non-hydrogen) atoms. The number of aromatic nitrogens is 2. The molecule has 2 rings (SSSR count). The van der Waals surface area contributed by atoms with Crippen LogP contribution in [0.2, 0.25) is 0 Å². The van der Waals surface area contributed by atoms with Gasteiger partial charge in [0.2, 0.25) is 0 Å². The van der Waals surface area contributed by atoms with Crippen molar-refractivity contribution >= 4 is 11.7 Å². The Kier molecular flexibility index (Phi) is 3.41. The summed E-state index contributed by atoms with van der Waals surface area (Å²) in [6.07, 6.45) is 2.23. The first-order valence-electron chi connectivity index (χ1n) is 5.96. The predicted octanol–water partition coefficient (Wildman–Crippen LogP) is 0.535. The third-order valence-corrected chi connectivity index (χ3v) is 3.59. The van der Waals surface area contributed by atoms with Crippen molar-refractivity contribution in [1.82, 2.24) is 9.78 Å². The summed E-state index contributed by atoms with van der Waals surface area (Å²) in [6, 6.07) is 1.69. The maximum absolute atomic E-state index is 11.9. The van der Waals surface area contributed by atoms with Crippen molar-refractivity contribution in [2.75, 3.05) is 12.4 Å². The number of methoxy groups -OCH3 is 1. The minimum absolute atomic E-state index is 0.146. The summed E-state index contributed by atoms with van der Waals surface area (Å²) in [5.74, 6) is 0.0403. The highest BCUT2D eigenvalue weighted by atomic mass is 16.5. The van der Waals surface area contributed by atoms with Gasteiger partial charge in [0.1, 0.15) is 6.10 Å². The molecule has 2 N–H and O–H groups in total. The lowest BCUT2D eigenvalue weighted by Gasteiger charge is -2.46. The molecular weight excluding hydrogens is 234 g/mol. The van der Waals surface area contributed by atoms with E-state index < -0.39 is 17.4 Å². The third kappa shape index (κ3) is 2.39. The number of aryl methyl sites for hydroxylation is 1. The number of hydrogen-bond donors (Lipinski definition) is 2. The van der Waals surface area contributed by atoms with Crippen molar-refractivity contribution in [1.29, 1.82) is 0 Å². The summed E-state index contributed by atoms with van der Waals surface area (Å²) in [6.45, 7) is 1.89. The normalized spacial score (nSPS) is 28.6. The van der Waals surface area contributed by atoms with E-state index in [1.807, 2.05) is 6.92 Å². The predicted molar refractivity (Wildman–Crippen MR) is 66.0 cm³/mol. The van der Waals surface area contributed by atoms with Crippen LogP contribution in [0.15, 0.2) is 12.3 Å². The lowest BCUT2D eigenvalue weighted by Crippen LogP contribution is -2.52. The zero-order valence-electron chi connectivity index (χ0n) is 10.9. The van der Waals surface area contributed by atoms with E-state index in [2.05, 4.69) is 10.4 Å². The maximum atomic E-state index is 11.9. The topological polar surface area (TPSA) is 76.4 Å². The maximum Gasteiger partial charge on any atom is 0.254 e. The second-order valence-corrected chi connectivity index (χ2v) is 5.19. The van der Waals surface area contributed by atoms with Gasteiger partial charge >= 0.3 is 0 Å². The Morgan fingerprint density at radius 1 is 1.72 bits per heavy atom. The molecule has 1 aromatic rings. The highest BCUT2D eigenvalue weighted by Gasteiger charge is 2.48. The van der Waals surface area contributed by atoms with Crippen LogP contribution in [0.3, 0.4) is 0 Å². The van der Waals surface area contributed by atoms with Gasteiger partial charge in [-0.1, -0.05) is 6.92 Å². The molecule has 1 aliphatic rings. The van der Waals surface area contributed by atoms with Crippen LogP contribution in [0.1, 0.15) is 19.8 Å². The molecule has 0 saturated heterocycles. The first-order valence-corrected chi connectivity index (χ1v) is 5.96. The molecule has 0 aliphatic heterocycles. The number of anilines is 1. The number of nitrogens with zero attached hydrogens (tertiary/aromatic N) is 2. The van der Waals surface area contributed by atoms with Crippen LogP contribution in [0.5, 0.6) is 0 Å². The lowest BCUT2D eigenvalue weighted by atomic mass is 9.64. The van der Waals surface area contributed by atoms with Crippen molar-refractivity contribution in [3.05, 3.63) is 12.3 Å². The first kappa shape index (κ1) is 13.0. The minimum atomic E-state index is -1.04. The summed E-state index contributed by atoms with van der Waals surface area (Å²) in [4.78, 5) is 11.9. The SMILES string of the molecule is COC1CC(C)(C(O)C(=O)Nc2ccn(C)n2)C1. The Bertz CT molecular complexity index is 438. The van der Waals surface area contributed by atoms with Crippen LogP contribution in [0.25, 0.3) is 0 Å². The molecule has 0 radical (unpaired) electrons. The molecule has 1 heterocycles. The summed E-state index contributed by atoms with van der Waals surface area (Å²) >= 11 is 0. The molecule has 1 aliphatic carbocycles. The van der Waals surface area contributed by atoms with E-state index in [9.17, 15) is 9.90 Å². The number of rotatable bonds is 4. The highest BCUT2D eigenvalue weighted by Crippen LogP contribution is 2.45. The summed E-state index contributed by atoms with van der Waals surface area (Å²) in [7, 11) is 3.41. The van der Waals surface area contributed by atoms with Gasteiger partial charge in [-0.25, -0.2) is 0 Å². The Labute approximate surface area is 106 Å². The molecule has 6 heteroatoms. The van der Waals surface area contributed by atoms with Crippen LogP contribution in [-0.2, 0) is 16.6 Å². The molecule has 0 bridgehead atoms. The summed E-state index contributed by atoms with van der Waals surface area (Å²) < 4.78 is 6.77. The molecule has 1 saturated carbocycles. The zero-order chi connectivity index (χ0) is 13.3. The van der Waals surface area contributed by atoms with E-state index in [1.54, 1.807) is 31.1 Å². The number of carbonyl (C=O) groups excluding carboxylic acids is 1. The van der Waals surface area contributed by atoms with Gasteiger partial charge in [-0.2, -0.15) is 5.10 Å². The first-order chi connectivity index (χ1) is 8.44. The fraction of sp³-hybridized carbons (Fsp3) is 0.667. The second kappa shape index (κ2) is 4.70. The van der Waals surface area contributed by atoms with Gasteiger partial charge in [0.25, 0.3) is 5.91 Å². The molecule has 1 fully saturated rings. The zero-order valence-corrected chi connectivity index (χ0v) is 10.9. The quantitative estimate of drug-likeness (QED) is 0.821. The van der Waals surface area contributed by atoms with Crippen molar-refractivity contribution in [3.8, 4) is 0 Å². The monoisotopic (exact) mass is 253 g/mol. The van der Waals surface area contributed by atoms with Gasteiger partial charge in [0.15, 0.2) is 5.82 Å². The summed E-state index contributed by atoms with van der Waals surface area (Å²) in [5.41, 5.74) is -0.403. The summed E-state index contributed by atoms with van der Waals surface area (Å²) in [5, 5.41) is 16.7. The van der Waals surface area contributed by atoms with E-state index >= 15 is 0 Å². The minimum Gasteiger partial charge on any atom is -0.383 e. The largest absolute Gasteiger partial charge is 0.383 e. The van der Waals surface area contributed by atoms with Crippen LogP contribution >= 0.6 is 0 Å². The Hall–Kier alpha value is -1.40.